The number of carbonyl (C=O) groups is 2. The molecule has 1 aromatic heterocycles. The molecule has 0 spiro atoms. The maximum Gasteiger partial charge on any atom is 0.404 e. The van der Waals surface area contributed by atoms with Gasteiger partial charge in [-0.2, -0.15) is 5.10 Å². The molecule has 2 amide bonds. The Morgan fingerprint density at radius 1 is 1.09 bits per heavy atom. The van der Waals surface area contributed by atoms with Gasteiger partial charge >= 0.3 is 6.09 Å². The summed E-state index contributed by atoms with van der Waals surface area (Å²) in [4.78, 5) is 27.7. The van der Waals surface area contributed by atoms with E-state index in [0.717, 1.165) is 50.9 Å². The van der Waals surface area contributed by atoms with Crippen molar-refractivity contribution in [3.05, 3.63) is 17.5 Å². The number of unbranched alkanes of at least 4 members (excludes halogenated alkanes) is 2. The molecule has 2 heterocycles. The number of amidine groups is 1. The van der Waals surface area contributed by atoms with Gasteiger partial charge in [-0.15, -0.1) is 0 Å². The van der Waals surface area contributed by atoms with Crippen molar-refractivity contribution >= 4 is 29.6 Å². The second kappa shape index (κ2) is 13.0. The van der Waals surface area contributed by atoms with Crippen molar-refractivity contribution < 1.29 is 14.7 Å². The van der Waals surface area contributed by atoms with E-state index in [1.165, 1.54) is 0 Å². The average Bonchev–Trinajstić information content (AvgIpc) is 2.99. The summed E-state index contributed by atoms with van der Waals surface area (Å²) in [6.07, 6.45) is 7.21. The third kappa shape index (κ3) is 10.1. The van der Waals surface area contributed by atoms with Crippen LogP contribution in [0.1, 0.15) is 65.0 Å². The lowest BCUT2D eigenvalue weighted by Gasteiger charge is -2.18. The van der Waals surface area contributed by atoms with E-state index in [4.69, 9.17) is 10.8 Å². The van der Waals surface area contributed by atoms with E-state index < -0.39 is 6.09 Å². The van der Waals surface area contributed by atoms with Crippen molar-refractivity contribution in [2.75, 3.05) is 26.2 Å². The predicted octanol–water partition coefficient (Wildman–Crippen LogP) is 2.63. The van der Waals surface area contributed by atoms with Crippen molar-refractivity contribution in [2.24, 2.45) is 16.1 Å². The molecule has 1 aromatic rings. The normalized spacial score (nSPS) is 13.5. The molecule has 0 saturated heterocycles. The van der Waals surface area contributed by atoms with E-state index in [9.17, 15) is 9.59 Å². The largest absolute Gasteiger partial charge is 0.465 e. The molecule has 0 saturated carbocycles. The summed E-state index contributed by atoms with van der Waals surface area (Å²) in [7, 11) is 0. The van der Waals surface area contributed by atoms with E-state index in [1.807, 2.05) is 10.8 Å². The van der Waals surface area contributed by atoms with Gasteiger partial charge in [-0.1, -0.05) is 20.8 Å². The number of amides is 2. The lowest BCUT2D eigenvalue weighted by atomic mass is 9.92. The van der Waals surface area contributed by atoms with Crippen LogP contribution in [0.4, 0.5) is 10.5 Å². The molecule has 6 N–H and O–H groups in total. The molecule has 33 heavy (non-hydrogen) atoms. The van der Waals surface area contributed by atoms with Gasteiger partial charge in [-0.25, -0.2) is 9.79 Å². The molecular formula is C23H39N7O3. The third-order valence-electron chi connectivity index (χ3n) is 5.29. The second-order valence-electron chi connectivity index (χ2n) is 9.55. The Kier molecular flexibility index (Phi) is 10.4. The van der Waals surface area contributed by atoms with Gasteiger partial charge in [-0.05, 0) is 56.7 Å². The van der Waals surface area contributed by atoms with E-state index >= 15 is 0 Å². The van der Waals surface area contributed by atoms with Gasteiger partial charge in [0.05, 0.1) is 11.9 Å². The van der Waals surface area contributed by atoms with Gasteiger partial charge in [0.25, 0.3) is 0 Å². The summed E-state index contributed by atoms with van der Waals surface area (Å²) in [5.41, 5.74) is 8.36. The number of carboxylic acid groups (broad SMARTS) is 1. The van der Waals surface area contributed by atoms with Crippen molar-refractivity contribution in [1.29, 1.82) is 0 Å². The zero-order chi connectivity index (χ0) is 24.3. The SMILES string of the molecule is CC(C)(C)CCNCCCNC(=O)C1=Cc2c(cnn2CCCCCNC(=O)O)N=C(N)C1. The molecule has 10 heteroatoms. The standard InChI is InChI=1S/C23H39N7O3/c1-23(2,3)8-12-25-9-7-11-26-21(31)17-14-19-18(29-20(24)15-17)16-28-30(19)13-6-4-5-10-27-22(32)33/h14,16,25,27H,4-13,15H2,1-3H3,(H2,24,29)(H,26,31)(H,32,33). The Balaban J connectivity index is 1.84. The van der Waals surface area contributed by atoms with E-state index in [1.54, 1.807) is 6.20 Å². The summed E-state index contributed by atoms with van der Waals surface area (Å²) >= 11 is 0. The molecule has 2 rings (SSSR count). The summed E-state index contributed by atoms with van der Waals surface area (Å²) in [5.74, 6) is 0.251. The van der Waals surface area contributed by atoms with E-state index in [2.05, 4.69) is 46.8 Å². The number of aromatic nitrogens is 2. The Morgan fingerprint density at radius 3 is 2.58 bits per heavy atom. The van der Waals surface area contributed by atoms with Crippen LogP contribution in [0.2, 0.25) is 0 Å². The maximum atomic E-state index is 12.8. The first-order valence-corrected chi connectivity index (χ1v) is 11.7. The molecule has 0 fully saturated rings. The first-order valence-electron chi connectivity index (χ1n) is 11.7. The molecular weight excluding hydrogens is 422 g/mol. The fourth-order valence-electron chi connectivity index (χ4n) is 3.42. The highest BCUT2D eigenvalue weighted by Gasteiger charge is 2.19. The Bertz CT molecular complexity index is 853. The van der Waals surface area contributed by atoms with Crippen LogP contribution in [0.25, 0.3) is 6.08 Å². The highest BCUT2D eigenvalue weighted by Crippen LogP contribution is 2.26. The van der Waals surface area contributed by atoms with Crippen LogP contribution >= 0.6 is 0 Å². The zero-order valence-corrected chi connectivity index (χ0v) is 20.1. The minimum Gasteiger partial charge on any atom is -0.465 e. The number of nitrogens with one attached hydrogen (secondary N) is 3. The number of hydrogen-bond donors (Lipinski definition) is 5. The van der Waals surface area contributed by atoms with Crippen LogP contribution in [-0.4, -0.2) is 58.9 Å². The molecule has 184 valence electrons. The predicted molar refractivity (Wildman–Crippen MR) is 131 cm³/mol. The van der Waals surface area contributed by atoms with E-state index in [0.29, 0.717) is 48.6 Å². The minimum absolute atomic E-state index is 0.136. The highest BCUT2D eigenvalue weighted by atomic mass is 16.4. The Morgan fingerprint density at radius 2 is 1.85 bits per heavy atom. The van der Waals surface area contributed by atoms with Crippen molar-refractivity contribution in [2.45, 2.75) is 65.8 Å². The summed E-state index contributed by atoms with van der Waals surface area (Å²) in [6, 6.07) is 0. The zero-order valence-electron chi connectivity index (χ0n) is 20.1. The lowest BCUT2D eigenvalue weighted by molar-refractivity contribution is -0.117. The average molecular weight is 462 g/mol. The highest BCUT2D eigenvalue weighted by molar-refractivity contribution is 6.05. The number of aryl methyl sites for hydroxylation is 1. The molecule has 0 radical (unpaired) electrons. The summed E-state index contributed by atoms with van der Waals surface area (Å²) in [6.45, 7) is 10.2. The number of nitrogens with two attached hydrogens (primary N) is 1. The molecule has 0 unspecified atom stereocenters. The van der Waals surface area contributed by atoms with Gasteiger partial charge in [-0.3, -0.25) is 9.48 Å². The summed E-state index contributed by atoms with van der Waals surface area (Å²) in [5, 5.41) is 21.8. The summed E-state index contributed by atoms with van der Waals surface area (Å²) < 4.78 is 1.83. The maximum absolute atomic E-state index is 12.8. The van der Waals surface area contributed by atoms with Crippen LogP contribution in [0.5, 0.6) is 0 Å². The van der Waals surface area contributed by atoms with Gasteiger partial charge in [0, 0.05) is 31.6 Å². The van der Waals surface area contributed by atoms with Crippen LogP contribution < -0.4 is 21.7 Å². The number of nitrogens with zero attached hydrogens (tertiary/aromatic N) is 3. The van der Waals surface area contributed by atoms with Gasteiger partial charge in [0.1, 0.15) is 11.5 Å². The Hall–Kier alpha value is -2.88. The van der Waals surface area contributed by atoms with Crippen molar-refractivity contribution in [3.8, 4) is 0 Å². The van der Waals surface area contributed by atoms with Gasteiger partial charge < -0.3 is 26.8 Å². The molecule has 0 bridgehead atoms. The molecule has 0 aliphatic carbocycles. The Labute approximate surface area is 196 Å². The quantitative estimate of drug-likeness (QED) is 0.285. The molecule has 10 nitrogen and oxygen atoms in total. The second-order valence-corrected chi connectivity index (χ2v) is 9.55. The minimum atomic E-state index is -1.00. The topological polar surface area (TPSA) is 147 Å². The molecule has 0 atom stereocenters. The molecule has 0 aromatic carbocycles. The van der Waals surface area contributed by atoms with Gasteiger partial charge in [0.2, 0.25) is 5.91 Å². The molecule has 1 aliphatic heterocycles. The van der Waals surface area contributed by atoms with Crippen molar-refractivity contribution in [1.82, 2.24) is 25.7 Å². The van der Waals surface area contributed by atoms with Gasteiger partial charge in [0.15, 0.2) is 0 Å². The monoisotopic (exact) mass is 461 g/mol. The fourth-order valence-corrected chi connectivity index (χ4v) is 3.42. The smallest absolute Gasteiger partial charge is 0.404 e. The number of carbonyl (C=O) groups excluding carboxylic acids is 1. The van der Waals surface area contributed by atoms with Crippen molar-refractivity contribution in [3.63, 3.8) is 0 Å². The fraction of sp³-hybridized carbons (Fsp3) is 0.652. The molecule has 1 aliphatic rings. The van der Waals surface area contributed by atoms with E-state index in [-0.39, 0.29) is 5.91 Å². The lowest BCUT2D eigenvalue weighted by Crippen LogP contribution is -2.30. The van der Waals surface area contributed by atoms with Crippen LogP contribution in [0, 0.1) is 5.41 Å². The number of hydrogen-bond acceptors (Lipinski definition) is 6. The number of rotatable bonds is 13. The third-order valence-corrected chi connectivity index (χ3v) is 5.29. The number of aliphatic imine (C=N–C) groups is 1. The van der Waals surface area contributed by atoms with Crippen LogP contribution in [0.15, 0.2) is 16.8 Å². The van der Waals surface area contributed by atoms with Crippen LogP contribution in [0.3, 0.4) is 0 Å². The first kappa shape index (κ1) is 26.4. The number of fused-ring (bicyclic) bond motifs is 1. The van der Waals surface area contributed by atoms with Crippen LogP contribution in [-0.2, 0) is 11.3 Å². The first-order chi connectivity index (χ1) is 15.7.